The molecule has 1 saturated carbocycles. The van der Waals surface area contributed by atoms with Gasteiger partial charge in [-0.15, -0.1) is 0 Å². The molecule has 1 saturated heterocycles. The van der Waals surface area contributed by atoms with Crippen LogP contribution < -0.4 is 0 Å². The molecule has 7 nitrogen and oxygen atoms in total. The van der Waals surface area contributed by atoms with Gasteiger partial charge in [0.25, 0.3) is 0 Å². The molecule has 0 bridgehead atoms. The lowest BCUT2D eigenvalue weighted by molar-refractivity contribution is -0.149. The number of sulfonamides is 1. The Kier molecular flexibility index (Phi) is 3.14. The van der Waals surface area contributed by atoms with E-state index in [9.17, 15) is 18.3 Å². The molecule has 0 spiro atoms. The molecule has 2 aliphatic rings. The molecular formula is C13H18N2O5S. The van der Waals surface area contributed by atoms with Crippen LogP contribution in [0.15, 0.2) is 9.42 Å². The number of aryl methyl sites for hydroxylation is 2. The Morgan fingerprint density at radius 2 is 2.19 bits per heavy atom. The van der Waals surface area contributed by atoms with Gasteiger partial charge in [0.05, 0.1) is 5.41 Å². The summed E-state index contributed by atoms with van der Waals surface area (Å²) in [4.78, 5) is 11.7. The maximum absolute atomic E-state index is 12.8. The van der Waals surface area contributed by atoms with E-state index in [0.717, 1.165) is 12.8 Å². The summed E-state index contributed by atoms with van der Waals surface area (Å²) < 4.78 is 31.8. The van der Waals surface area contributed by atoms with Gasteiger partial charge in [0.15, 0.2) is 5.76 Å². The summed E-state index contributed by atoms with van der Waals surface area (Å²) in [7, 11) is -3.76. The van der Waals surface area contributed by atoms with E-state index in [1.807, 2.05) is 0 Å². The largest absolute Gasteiger partial charge is 0.481 e. The minimum Gasteiger partial charge on any atom is -0.481 e. The fourth-order valence-electron chi connectivity index (χ4n) is 3.75. The monoisotopic (exact) mass is 314 g/mol. The number of aliphatic carboxylic acids is 1. The second-order valence-electron chi connectivity index (χ2n) is 6.00. The van der Waals surface area contributed by atoms with Gasteiger partial charge in [-0.25, -0.2) is 8.42 Å². The van der Waals surface area contributed by atoms with Crippen LogP contribution in [-0.4, -0.2) is 42.0 Å². The Balaban J connectivity index is 1.98. The molecule has 2 fully saturated rings. The summed E-state index contributed by atoms with van der Waals surface area (Å²) in [6.07, 6.45) is 2.15. The van der Waals surface area contributed by atoms with E-state index >= 15 is 0 Å². The molecule has 2 atom stereocenters. The van der Waals surface area contributed by atoms with Crippen molar-refractivity contribution in [2.24, 2.45) is 11.3 Å². The van der Waals surface area contributed by atoms with Gasteiger partial charge in [0.2, 0.25) is 10.0 Å². The Morgan fingerprint density at radius 1 is 1.48 bits per heavy atom. The van der Waals surface area contributed by atoms with Crippen LogP contribution in [0, 0.1) is 25.2 Å². The molecule has 2 heterocycles. The standard InChI is InChI=1S/C13H18N2O5S/c1-8-11(9(2)20-14-8)21(18,19)15-6-10-4-3-5-13(10,7-15)12(16)17/h10H,3-7H2,1-2H3,(H,16,17)/t10-,13+/m0/s1. The topological polar surface area (TPSA) is 101 Å². The van der Waals surface area contributed by atoms with Crippen molar-refractivity contribution in [3.05, 3.63) is 11.5 Å². The molecule has 1 N–H and O–H groups in total. The zero-order valence-electron chi connectivity index (χ0n) is 12.0. The molecule has 1 aromatic rings. The van der Waals surface area contributed by atoms with Crippen LogP contribution in [-0.2, 0) is 14.8 Å². The highest BCUT2D eigenvalue weighted by Crippen LogP contribution is 2.50. The Hall–Kier alpha value is -1.41. The highest BCUT2D eigenvalue weighted by Gasteiger charge is 2.57. The zero-order valence-corrected chi connectivity index (χ0v) is 12.8. The second kappa shape index (κ2) is 4.54. The molecule has 116 valence electrons. The average Bonchev–Trinajstić information content (AvgIpc) is 3.01. The molecule has 0 aromatic carbocycles. The number of carboxylic acid groups (broad SMARTS) is 1. The minimum atomic E-state index is -3.76. The molecular weight excluding hydrogens is 296 g/mol. The van der Waals surface area contributed by atoms with Crippen molar-refractivity contribution < 1.29 is 22.8 Å². The smallest absolute Gasteiger partial charge is 0.311 e. The van der Waals surface area contributed by atoms with E-state index < -0.39 is 21.4 Å². The van der Waals surface area contributed by atoms with E-state index in [-0.39, 0.29) is 29.7 Å². The van der Waals surface area contributed by atoms with Crippen LogP contribution in [0.2, 0.25) is 0 Å². The Bertz CT molecular complexity index is 676. The lowest BCUT2D eigenvalue weighted by Gasteiger charge is -2.23. The van der Waals surface area contributed by atoms with E-state index in [4.69, 9.17) is 4.52 Å². The summed E-state index contributed by atoms with van der Waals surface area (Å²) in [5.74, 6) is -0.749. The van der Waals surface area contributed by atoms with Crippen molar-refractivity contribution in [2.75, 3.05) is 13.1 Å². The van der Waals surface area contributed by atoms with Gasteiger partial charge >= 0.3 is 5.97 Å². The number of hydrogen-bond acceptors (Lipinski definition) is 5. The number of rotatable bonds is 3. The third-order valence-corrected chi connectivity index (χ3v) is 6.89. The van der Waals surface area contributed by atoms with Crippen molar-refractivity contribution in [3.63, 3.8) is 0 Å². The SMILES string of the molecule is Cc1noc(C)c1S(=O)(=O)N1C[C@@H]2CCC[C@@]2(C(=O)O)C1. The summed E-state index contributed by atoms with van der Waals surface area (Å²) in [6, 6.07) is 0. The molecule has 1 aliphatic heterocycles. The van der Waals surface area contributed by atoms with Crippen LogP contribution in [0.3, 0.4) is 0 Å². The summed E-state index contributed by atoms with van der Waals surface area (Å²) in [5, 5.41) is 13.2. The third kappa shape index (κ3) is 1.92. The van der Waals surface area contributed by atoms with Crippen LogP contribution in [0.1, 0.15) is 30.7 Å². The highest BCUT2D eigenvalue weighted by atomic mass is 32.2. The number of nitrogens with zero attached hydrogens (tertiary/aromatic N) is 2. The molecule has 0 radical (unpaired) electrons. The predicted molar refractivity (Wildman–Crippen MR) is 72.1 cm³/mol. The Labute approximate surface area is 123 Å². The van der Waals surface area contributed by atoms with E-state index in [1.165, 1.54) is 4.31 Å². The minimum absolute atomic E-state index is 0.0411. The molecule has 1 aromatic heterocycles. The van der Waals surface area contributed by atoms with Crippen molar-refractivity contribution in [2.45, 2.75) is 38.0 Å². The van der Waals surface area contributed by atoms with Gasteiger partial charge < -0.3 is 9.63 Å². The van der Waals surface area contributed by atoms with Crippen LogP contribution >= 0.6 is 0 Å². The lowest BCUT2D eigenvalue weighted by atomic mass is 9.81. The molecule has 0 unspecified atom stereocenters. The van der Waals surface area contributed by atoms with Gasteiger partial charge in [0, 0.05) is 13.1 Å². The van der Waals surface area contributed by atoms with Crippen LogP contribution in [0.5, 0.6) is 0 Å². The number of carboxylic acids is 1. The van der Waals surface area contributed by atoms with Crippen molar-refractivity contribution >= 4 is 16.0 Å². The fraction of sp³-hybridized carbons (Fsp3) is 0.692. The first-order chi connectivity index (χ1) is 9.79. The van der Waals surface area contributed by atoms with Gasteiger partial charge in [-0.3, -0.25) is 4.79 Å². The first kappa shape index (κ1) is 14.5. The first-order valence-electron chi connectivity index (χ1n) is 6.95. The first-order valence-corrected chi connectivity index (χ1v) is 8.39. The number of carbonyl (C=O) groups is 1. The van der Waals surface area contributed by atoms with Crippen LogP contribution in [0.25, 0.3) is 0 Å². The molecule has 1 aliphatic carbocycles. The normalized spacial score (nSPS) is 29.7. The van der Waals surface area contributed by atoms with Gasteiger partial charge in [0.1, 0.15) is 10.6 Å². The molecule has 0 amide bonds. The van der Waals surface area contributed by atoms with Gasteiger partial charge in [-0.2, -0.15) is 4.31 Å². The summed E-state index contributed by atoms with van der Waals surface area (Å²) in [5.41, 5.74) is -0.611. The van der Waals surface area contributed by atoms with E-state index in [2.05, 4.69) is 5.16 Å². The quantitative estimate of drug-likeness (QED) is 0.898. The zero-order chi connectivity index (χ0) is 15.4. The highest BCUT2D eigenvalue weighted by molar-refractivity contribution is 7.89. The summed E-state index contributed by atoms with van der Waals surface area (Å²) in [6.45, 7) is 3.43. The van der Waals surface area contributed by atoms with Gasteiger partial charge in [-0.1, -0.05) is 11.6 Å². The second-order valence-corrected chi connectivity index (χ2v) is 7.88. The van der Waals surface area contributed by atoms with Crippen molar-refractivity contribution in [3.8, 4) is 0 Å². The van der Waals surface area contributed by atoms with Crippen molar-refractivity contribution in [1.29, 1.82) is 0 Å². The summed E-state index contributed by atoms with van der Waals surface area (Å²) >= 11 is 0. The van der Waals surface area contributed by atoms with Crippen molar-refractivity contribution in [1.82, 2.24) is 9.46 Å². The number of fused-ring (bicyclic) bond motifs is 1. The van der Waals surface area contributed by atoms with E-state index in [0.29, 0.717) is 12.1 Å². The predicted octanol–water partition coefficient (Wildman–Crippen LogP) is 1.17. The van der Waals surface area contributed by atoms with Crippen LogP contribution in [0.4, 0.5) is 0 Å². The molecule has 8 heteroatoms. The third-order valence-electron chi connectivity index (χ3n) is 4.83. The van der Waals surface area contributed by atoms with E-state index in [1.54, 1.807) is 13.8 Å². The lowest BCUT2D eigenvalue weighted by Crippen LogP contribution is -2.37. The Morgan fingerprint density at radius 3 is 2.71 bits per heavy atom. The fourth-order valence-corrected chi connectivity index (χ4v) is 5.59. The maximum atomic E-state index is 12.8. The molecule has 21 heavy (non-hydrogen) atoms. The van der Waals surface area contributed by atoms with Gasteiger partial charge in [-0.05, 0) is 32.6 Å². The average molecular weight is 314 g/mol. The maximum Gasteiger partial charge on any atom is 0.311 e. The molecule has 3 rings (SSSR count). The number of hydrogen-bond donors (Lipinski definition) is 1. The number of aromatic nitrogens is 1.